The first-order valence-electron chi connectivity index (χ1n) is 6.99. The van der Waals surface area contributed by atoms with Crippen molar-refractivity contribution in [2.75, 3.05) is 20.3 Å². The van der Waals surface area contributed by atoms with Gasteiger partial charge < -0.3 is 14.8 Å². The van der Waals surface area contributed by atoms with E-state index < -0.39 is 12.8 Å². The molecule has 6 heteroatoms. The highest BCUT2D eigenvalue weighted by Gasteiger charge is 2.48. The van der Waals surface area contributed by atoms with Gasteiger partial charge in [0.05, 0.1) is 11.2 Å². The summed E-state index contributed by atoms with van der Waals surface area (Å²) in [5.41, 5.74) is -0.489. The third-order valence-corrected chi connectivity index (χ3v) is 3.84. The van der Waals surface area contributed by atoms with Crippen molar-refractivity contribution < 1.29 is 22.6 Å². The lowest BCUT2D eigenvalue weighted by Crippen LogP contribution is -2.43. The van der Waals surface area contributed by atoms with Crippen molar-refractivity contribution in [2.24, 2.45) is 5.92 Å². The fourth-order valence-electron chi connectivity index (χ4n) is 3.18. The van der Waals surface area contributed by atoms with Crippen molar-refractivity contribution in [3.8, 4) is 0 Å². The molecule has 1 fully saturated rings. The summed E-state index contributed by atoms with van der Waals surface area (Å²) in [5, 5.41) is 3.19. The molecule has 0 aromatic heterocycles. The fraction of sp³-hybridized carbons (Fsp3) is 1.00. The molecular weight excluding hydrogens is 271 g/mol. The van der Waals surface area contributed by atoms with E-state index in [0.29, 0.717) is 6.42 Å². The van der Waals surface area contributed by atoms with E-state index in [1.165, 1.54) is 0 Å². The Hall–Kier alpha value is -0.330. The maximum Gasteiger partial charge on any atom is 0.411 e. The van der Waals surface area contributed by atoms with E-state index >= 15 is 0 Å². The van der Waals surface area contributed by atoms with Crippen LogP contribution in [0.2, 0.25) is 0 Å². The number of hydrogen-bond donors (Lipinski definition) is 1. The van der Waals surface area contributed by atoms with Gasteiger partial charge in [-0.3, -0.25) is 0 Å². The molecule has 0 aromatic carbocycles. The molecule has 0 aromatic rings. The molecule has 2 atom stereocenters. The SMILES string of the molecule is CNC(CCOCC(F)(F)F)C1CC(C)(C)OC1(C)C. The van der Waals surface area contributed by atoms with Gasteiger partial charge in [-0.05, 0) is 47.6 Å². The molecule has 1 heterocycles. The monoisotopic (exact) mass is 297 g/mol. The Balaban J connectivity index is 2.50. The van der Waals surface area contributed by atoms with Crippen LogP contribution in [-0.2, 0) is 9.47 Å². The first kappa shape index (κ1) is 17.7. The summed E-state index contributed by atoms with van der Waals surface area (Å²) in [6, 6.07) is 0.0833. The zero-order valence-corrected chi connectivity index (χ0v) is 12.9. The Morgan fingerprint density at radius 1 is 1.30 bits per heavy atom. The minimum absolute atomic E-state index is 0.0833. The number of halogens is 3. The molecule has 2 unspecified atom stereocenters. The van der Waals surface area contributed by atoms with Gasteiger partial charge in [0.1, 0.15) is 6.61 Å². The van der Waals surface area contributed by atoms with Crippen LogP contribution in [0.3, 0.4) is 0 Å². The van der Waals surface area contributed by atoms with Gasteiger partial charge in [-0.2, -0.15) is 13.2 Å². The Bertz CT molecular complexity index is 316. The topological polar surface area (TPSA) is 30.5 Å². The molecule has 0 saturated carbocycles. The lowest BCUT2D eigenvalue weighted by molar-refractivity contribution is -0.174. The molecule has 0 radical (unpaired) electrons. The quantitative estimate of drug-likeness (QED) is 0.764. The van der Waals surface area contributed by atoms with Gasteiger partial charge in [0.2, 0.25) is 0 Å². The first-order valence-corrected chi connectivity index (χ1v) is 6.99. The van der Waals surface area contributed by atoms with Crippen molar-refractivity contribution >= 4 is 0 Å². The maximum absolute atomic E-state index is 12.0. The Kier molecular flexibility index (Phi) is 5.49. The molecule has 1 saturated heterocycles. The van der Waals surface area contributed by atoms with Gasteiger partial charge in [0.15, 0.2) is 0 Å². The summed E-state index contributed by atoms with van der Waals surface area (Å²) < 4.78 is 46.8. The molecular formula is C14H26F3NO2. The number of rotatable bonds is 6. The van der Waals surface area contributed by atoms with Crippen LogP contribution in [-0.4, -0.2) is 43.7 Å². The summed E-state index contributed by atoms with van der Waals surface area (Å²) in [6.07, 6.45) is -2.84. The molecule has 0 spiro atoms. The first-order chi connectivity index (χ1) is 8.97. The van der Waals surface area contributed by atoms with Gasteiger partial charge in [-0.15, -0.1) is 0 Å². The summed E-state index contributed by atoms with van der Waals surface area (Å²) in [5.74, 6) is 0.247. The lowest BCUT2D eigenvalue weighted by atomic mass is 9.80. The average molecular weight is 297 g/mol. The standard InChI is InChI=1S/C14H26F3NO2/c1-12(2)8-10(13(3,4)20-12)11(18-5)6-7-19-9-14(15,16)17/h10-11,18H,6-9H2,1-5H3. The number of ether oxygens (including phenoxy) is 2. The Morgan fingerprint density at radius 2 is 1.90 bits per heavy atom. The van der Waals surface area contributed by atoms with Crippen LogP contribution >= 0.6 is 0 Å². The Morgan fingerprint density at radius 3 is 2.30 bits per heavy atom. The number of alkyl halides is 3. The highest BCUT2D eigenvalue weighted by atomic mass is 19.4. The zero-order chi connectivity index (χ0) is 15.6. The zero-order valence-electron chi connectivity index (χ0n) is 12.9. The molecule has 1 rings (SSSR count). The minimum atomic E-state index is -4.26. The molecule has 120 valence electrons. The molecule has 3 nitrogen and oxygen atoms in total. The predicted octanol–water partition coefficient (Wildman–Crippen LogP) is 3.14. The van der Waals surface area contributed by atoms with E-state index in [2.05, 4.69) is 5.32 Å². The molecule has 1 aliphatic heterocycles. The summed E-state index contributed by atoms with van der Waals surface area (Å²) in [7, 11) is 1.83. The van der Waals surface area contributed by atoms with Crippen LogP contribution in [0.4, 0.5) is 13.2 Å². The van der Waals surface area contributed by atoms with Crippen LogP contribution in [0.25, 0.3) is 0 Å². The fourth-order valence-corrected chi connectivity index (χ4v) is 3.18. The third kappa shape index (κ3) is 5.22. The second-order valence-corrected chi connectivity index (χ2v) is 6.63. The van der Waals surface area contributed by atoms with Gasteiger partial charge in [0.25, 0.3) is 0 Å². The third-order valence-electron chi connectivity index (χ3n) is 3.84. The van der Waals surface area contributed by atoms with Gasteiger partial charge in [-0.1, -0.05) is 0 Å². The predicted molar refractivity (Wildman–Crippen MR) is 71.7 cm³/mol. The van der Waals surface area contributed by atoms with E-state index in [1.54, 1.807) is 0 Å². The van der Waals surface area contributed by atoms with Crippen LogP contribution < -0.4 is 5.32 Å². The highest BCUT2D eigenvalue weighted by molar-refractivity contribution is 4.99. The maximum atomic E-state index is 12.0. The molecule has 20 heavy (non-hydrogen) atoms. The molecule has 1 N–H and O–H groups in total. The number of nitrogens with one attached hydrogen (secondary N) is 1. The molecule has 0 amide bonds. The highest BCUT2D eigenvalue weighted by Crippen LogP contribution is 2.44. The van der Waals surface area contributed by atoms with Crippen molar-refractivity contribution in [1.82, 2.24) is 5.32 Å². The van der Waals surface area contributed by atoms with Gasteiger partial charge >= 0.3 is 6.18 Å². The van der Waals surface area contributed by atoms with E-state index in [0.717, 1.165) is 6.42 Å². The summed E-state index contributed by atoms with van der Waals surface area (Å²) in [6.45, 7) is 7.07. The van der Waals surface area contributed by atoms with Crippen LogP contribution in [0.15, 0.2) is 0 Å². The second kappa shape index (κ2) is 6.20. The van der Waals surface area contributed by atoms with Gasteiger partial charge in [0, 0.05) is 18.6 Å². The van der Waals surface area contributed by atoms with Crippen LogP contribution in [0.5, 0.6) is 0 Å². The van der Waals surface area contributed by atoms with Gasteiger partial charge in [-0.25, -0.2) is 0 Å². The smallest absolute Gasteiger partial charge is 0.372 e. The largest absolute Gasteiger partial charge is 0.411 e. The minimum Gasteiger partial charge on any atom is -0.372 e. The molecule has 0 aliphatic carbocycles. The lowest BCUT2D eigenvalue weighted by Gasteiger charge is -2.33. The van der Waals surface area contributed by atoms with Crippen LogP contribution in [0, 0.1) is 5.92 Å². The van der Waals surface area contributed by atoms with E-state index in [9.17, 15) is 13.2 Å². The second-order valence-electron chi connectivity index (χ2n) is 6.63. The van der Waals surface area contributed by atoms with E-state index in [-0.39, 0.29) is 29.8 Å². The Labute approximate surface area is 119 Å². The normalized spacial score (nSPS) is 26.7. The van der Waals surface area contributed by atoms with Crippen molar-refractivity contribution in [3.63, 3.8) is 0 Å². The average Bonchev–Trinajstić information content (AvgIpc) is 2.45. The van der Waals surface area contributed by atoms with E-state index in [4.69, 9.17) is 9.47 Å². The van der Waals surface area contributed by atoms with Crippen LogP contribution in [0.1, 0.15) is 40.5 Å². The summed E-state index contributed by atoms with van der Waals surface area (Å²) in [4.78, 5) is 0. The van der Waals surface area contributed by atoms with E-state index in [1.807, 2.05) is 34.7 Å². The molecule has 0 bridgehead atoms. The van der Waals surface area contributed by atoms with Crippen molar-refractivity contribution in [1.29, 1.82) is 0 Å². The van der Waals surface area contributed by atoms with Crippen molar-refractivity contribution in [2.45, 2.75) is 64.0 Å². The van der Waals surface area contributed by atoms with Crippen molar-refractivity contribution in [3.05, 3.63) is 0 Å². The molecule has 1 aliphatic rings. The number of hydrogen-bond acceptors (Lipinski definition) is 3. The summed E-state index contributed by atoms with van der Waals surface area (Å²) >= 11 is 0.